The molecule has 3 rings (SSSR count). The topological polar surface area (TPSA) is 56.3 Å². The number of hydrogen-bond acceptors (Lipinski definition) is 1. The molecule has 0 saturated carbocycles. The third-order valence-corrected chi connectivity index (χ3v) is 5.57. The van der Waals surface area contributed by atoms with Crippen LogP contribution in [0.3, 0.4) is 0 Å². The summed E-state index contributed by atoms with van der Waals surface area (Å²) in [6, 6.07) is 9.43. The van der Waals surface area contributed by atoms with Gasteiger partial charge in [-0.2, -0.15) is 0 Å². The zero-order valence-electron chi connectivity index (χ0n) is 15.2. The first-order valence-electron chi connectivity index (χ1n) is 10.1. The third kappa shape index (κ3) is 4.47. The van der Waals surface area contributed by atoms with Crippen molar-refractivity contribution in [1.29, 1.82) is 0 Å². The highest BCUT2D eigenvalue weighted by molar-refractivity contribution is 5.48. The molecule has 132 valence electrons. The van der Waals surface area contributed by atoms with E-state index >= 15 is 0 Å². The van der Waals surface area contributed by atoms with Crippen molar-refractivity contribution in [3.63, 3.8) is 0 Å². The highest BCUT2D eigenvalue weighted by Gasteiger charge is 2.32. The van der Waals surface area contributed by atoms with Gasteiger partial charge in [-0.1, -0.05) is 37.5 Å². The van der Waals surface area contributed by atoms with E-state index in [1.54, 1.807) is 11.3 Å². The predicted octanol–water partition coefficient (Wildman–Crippen LogP) is 2.94. The second-order valence-electron chi connectivity index (χ2n) is 7.39. The quantitative estimate of drug-likeness (QED) is 0.473. The number of allylic oxidation sites excluding steroid dienone is 1. The Morgan fingerprint density at radius 3 is 2.58 bits per heavy atom. The first kappa shape index (κ1) is 17.7. The fraction of sp³-hybridized carbons (Fsp3) is 0.619. The Labute approximate surface area is 147 Å². The zero-order chi connectivity index (χ0) is 16.6. The molecular formula is C21H35N3+2. The Balaban J connectivity index is 1.52. The van der Waals surface area contributed by atoms with Crippen LogP contribution in [0.5, 0.6) is 0 Å². The van der Waals surface area contributed by atoms with Crippen LogP contribution in [0, 0.1) is 0 Å². The Morgan fingerprint density at radius 1 is 0.958 bits per heavy atom. The van der Waals surface area contributed by atoms with Gasteiger partial charge in [0.2, 0.25) is 0 Å². The number of hydrogen-bond donors (Lipinski definition) is 3. The van der Waals surface area contributed by atoms with Gasteiger partial charge in [-0.15, -0.1) is 0 Å². The van der Waals surface area contributed by atoms with Crippen molar-refractivity contribution < 1.29 is 11.1 Å². The second-order valence-corrected chi connectivity index (χ2v) is 7.39. The largest absolute Gasteiger partial charge is 0.358 e. The summed E-state index contributed by atoms with van der Waals surface area (Å²) in [6.07, 6.45) is 13.3. The van der Waals surface area contributed by atoms with Gasteiger partial charge in [0.15, 0.2) is 0 Å². The maximum absolute atomic E-state index is 3.92. The van der Waals surface area contributed by atoms with E-state index in [1.165, 1.54) is 75.5 Å². The number of nitrogens with two attached hydrogens (primary N) is 1. The van der Waals surface area contributed by atoms with E-state index in [0.29, 0.717) is 6.04 Å². The molecule has 1 aromatic carbocycles. The van der Waals surface area contributed by atoms with Crippen LogP contribution in [-0.2, 0) is 0 Å². The van der Waals surface area contributed by atoms with Crippen LogP contribution < -0.4 is 16.4 Å². The average Bonchev–Trinajstić information content (AvgIpc) is 2.63. The zero-order valence-corrected chi connectivity index (χ0v) is 15.2. The van der Waals surface area contributed by atoms with Crippen molar-refractivity contribution >= 4 is 5.69 Å². The monoisotopic (exact) mass is 329 g/mol. The number of rotatable bonds is 9. The lowest BCUT2D eigenvalue weighted by Gasteiger charge is -2.31. The smallest absolute Gasteiger partial charge is 0.139 e. The van der Waals surface area contributed by atoms with Crippen molar-refractivity contribution in [2.24, 2.45) is 0 Å². The van der Waals surface area contributed by atoms with Gasteiger partial charge < -0.3 is 11.1 Å². The van der Waals surface area contributed by atoms with Gasteiger partial charge in [0.25, 0.3) is 0 Å². The molecule has 2 aliphatic rings. The molecule has 1 heterocycles. The van der Waals surface area contributed by atoms with Crippen molar-refractivity contribution in [1.82, 2.24) is 5.32 Å². The molecule has 1 atom stereocenters. The lowest BCUT2D eigenvalue weighted by molar-refractivity contribution is -0.525. The molecule has 3 nitrogen and oxygen atoms in total. The highest BCUT2D eigenvalue weighted by atomic mass is 15.0. The van der Waals surface area contributed by atoms with Gasteiger partial charge in [0, 0.05) is 17.6 Å². The van der Waals surface area contributed by atoms with E-state index in [-0.39, 0.29) is 0 Å². The lowest BCUT2D eigenvalue weighted by atomic mass is 9.84. The Morgan fingerprint density at radius 2 is 1.71 bits per heavy atom. The van der Waals surface area contributed by atoms with Gasteiger partial charge in [-0.25, -0.2) is 0 Å². The van der Waals surface area contributed by atoms with Gasteiger partial charge in [-0.05, 0) is 51.1 Å². The number of fused-ring (bicyclic) bond motifs is 1. The van der Waals surface area contributed by atoms with Gasteiger partial charge in [0.1, 0.15) is 11.4 Å². The van der Waals surface area contributed by atoms with Crippen LogP contribution in [0.25, 0.3) is 0 Å². The number of quaternary nitrogens is 2. The first-order valence-corrected chi connectivity index (χ1v) is 10.1. The number of para-hydroxylation sites is 1. The molecule has 0 unspecified atom stereocenters. The maximum Gasteiger partial charge on any atom is 0.139 e. The van der Waals surface area contributed by atoms with E-state index in [2.05, 4.69) is 40.6 Å². The van der Waals surface area contributed by atoms with E-state index < -0.39 is 0 Å². The molecule has 0 fully saturated rings. The third-order valence-electron chi connectivity index (χ3n) is 5.57. The van der Waals surface area contributed by atoms with E-state index in [1.807, 2.05) is 0 Å². The SMILES string of the molecule is [NH3+]CCCCCCCCN[C@H]1C2=C(CCCC2)[NH2+]c2ccccc21. The second kappa shape index (κ2) is 9.36. The number of nitrogens with one attached hydrogen (secondary N) is 1. The van der Waals surface area contributed by atoms with Crippen LogP contribution in [-0.4, -0.2) is 13.1 Å². The van der Waals surface area contributed by atoms with Crippen molar-refractivity contribution in [3.05, 3.63) is 41.1 Å². The standard InChI is InChI=1S/C21H33N3/c22-15-9-3-1-2-4-10-16-23-21-17-11-5-7-13-19(17)24-20-14-8-6-12-18(20)21/h5,7,11,13,21,23-24H,1-4,6,8-10,12,14-16,22H2/p+2/t21-/m1/s1. The summed E-state index contributed by atoms with van der Waals surface area (Å²) in [5, 5.41) is 6.34. The normalized spacial score (nSPS) is 20.0. The molecule has 1 aliphatic heterocycles. The number of benzene rings is 1. The Hall–Kier alpha value is -1.16. The molecule has 1 aliphatic carbocycles. The number of unbranched alkanes of at least 4 members (excludes halogenated alkanes) is 5. The molecule has 0 amide bonds. The highest BCUT2D eigenvalue weighted by Crippen LogP contribution is 2.37. The lowest BCUT2D eigenvalue weighted by Crippen LogP contribution is -2.78. The molecule has 0 bridgehead atoms. The molecule has 6 N–H and O–H groups in total. The molecule has 1 aromatic rings. The van der Waals surface area contributed by atoms with Crippen LogP contribution in [0.4, 0.5) is 5.69 Å². The maximum atomic E-state index is 3.92. The summed E-state index contributed by atoms with van der Waals surface area (Å²) in [6.45, 7) is 2.24. The summed E-state index contributed by atoms with van der Waals surface area (Å²) in [7, 11) is 0. The van der Waals surface area contributed by atoms with Crippen LogP contribution in [0.15, 0.2) is 35.5 Å². The van der Waals surface area contributed by atoms with Crippen LogP contribution in [0.2, 0.25) is 0 Å². The van der Waals surface area contributed by atoms with E-state index in [4.69, 9.17) is 0 Å². The summed E-state index contributed by atoms with van der Waals surface area (Å²) < 4.78 is 0. The molecule has 0 saturated heterocycles. The minimum atomic E-state index is 0.465. The summed E-state index contributed by atoms with van der Waals surface area (Å²) >= 11 is 0. The molecule has 0 aromatic heterocycles. The summed E-state index contributed by atoms with van der Waals surface area (Å²) in [5.74, 6) is 0. The molecule has 0 spiro atoms. The fourth-order valence-electron chi connectivity index (χ4n) is 4.22. The average molecular weight is 330 g/mol. The molecule has 24 heavy (non-hydrogen) atoms. The van der Waals surface area contributed by atoms with Gasteiger partial charge in [0.05, 0.1) is 12.6 Å². The predicted molar refractivity (Wildman–Crippen MR) is 99.7 cm³/mol. The molecule has 0 radical (unpaired) electrons. The summed E-state index contributed by atoms with van der Waals surface area (Å²) in [4.78, 5) is 0. The van der Waals surface area contributed by atoms with Crippen molar-refractivity contribution in [3.8, 4) is 0 Å². The van der Waals surface area contributed by atoms with Crippen LogP contribution >= 0.6 is 0 Å². The van der Waals surface area contributed by atoms with E-state index in [9.17, 15) is 0 Å². The Kier molecular flexibility index (Phi) is 6.88. The van der Waals surface area contributed by atoms with Crippen molar-refractivity contribution in [2.45, 2.75) is 70.3 Å². The van der Waals surface area contributed by atoms with Gasteiger partial charge >= 0.3 is 0 Å². The fourth-order valence-corrected chi connectivity index (χ4v) is 4.22. The van der Waals surface area contributed by atoms with Crippen molar-refractivity contribution in [2.75, 3.05) is 13.1 Å². The van der Waals surface area contributed by atoms with Gasteiger partial charge in [-0.3, -0.25) is 5.32 Å². The summed E-state index contributed by atoms with van der Waals surface area (Å²) in [5.41, 5.74) is 10.1. The minimum Gasteiger partial charge on any atom is -0.358 e. The Bertz CT molecular complexity index is 550. The minimum absolute atomic E-state index is 0.465. The van der Waals surface area contributed by atoms with E-state index in [0.717, 1.165) is 13.1 Å². The molecular weight excluding hydrogens is 294 g/mol. The first-order chi connectivity index (χ1) is 11.9. The van der Waals surface area contributed by atoms with Crippen LogP contribution in [0.1, 0.15) is 75.8 Å². The molecule has 3 heteroatoms.